The fourth-order valence-electron chi connectivity index (χ4n) is 4.47. The van der Waals surface area contributed by atoms with Crippen molar-refractivity contribution in [2.45, 2.75) is 30.4 Å². The van der Waals surface area contributed by atoms with Gasteiger partial charge in [0.2, 0.25) is 0 Å². The maximum Gasteiger partial charge on any atom is 0.328 e. The highest BCUT2D eigenvalue weighted by Gasteiger charge is 2.55. The molecule has 2 saturated heterocycles. The van der Waals surface area contributed by atoms with Crippen molar-refractivity contribution in [1.29, 1.82) is 0 Å². The molecule has 8 nitrogen and oxygen atoms in total. The number of carboxylic acid groups (broad SMARTS) is 2. The van der Waals surface area contributed by atoms with Crippen molar-refractivity contribution in [3.05, 3.63) is 41.5 Å². The maximum absolute atomic E-state index is 9.89. The number of nitrogens with zero attached hydrogens (tertiary/aromatic N) is 1. The molecule has 0 spiro atoms. The number of benzene rings is 1. The third kappa shape index (κ3) is 4.27. The molecule has 1 aromatic carbocycles. The van der Waals surface area contributed by atoms with Gasteiger partial charge in [-0.3, -0.25) is 4.90 Å². The van der Waals surface area contributed by atoms with E-state index in [2.05, 4.69) is 10.8 Å². The van der Waals surface area contributed by atoms with Gasteiger partial charge in [0, 0.05) is 30.2 Å². The first-order valence-corrected chi connectivity index (χ1v) is 9.20. The molecule has 0 saturated carbocycles. The Bertz CT molecular complexity index is 843. The van der Waals surface area contributed by atoms with Crippen LogP contribution in [0, 0.1) is 12.3 Å². The Labute approximate surface area is 168 Å². The van der Waals surface area contributed by atoms with Crippen LogP contribution in [0.4, 0.5) is 0 Å². The summed E-state index contributed by atoms with van der Waals surface area (Å²) in [4.78, 5) is 21.5. The normalized spacial score (nSPS) is 27.7. The van der Waals surface area contributed by atoms with Crippen LogP contribution in [0.3, 0.4) is 0 Å². The molecule has 0 aromatic heterocycles. The fourth-order valence-corrected chi connectivity index (χ4v) is 4.47. The van der Waals surface area contributed by atoms with Crippen LogP contribution in [-0.4, -0.2) is 70.8 Å². The first-order valence-electron chi connectivity index (χ1n) is 9.20. The number of hydrogen-bond acceptors (Lipinski definition) is 6. The zero-order valence-electron chi connectivity index (χ0n) is 15.8. The van der Waals surface area contributed by atoms with E-state index in [1.54, 1.807) is 6.07 Å². The number of aliphatic carboxylic acids is 2. The highest BCUT2D eigenvalue weighted by atomic mass is 16.7. The van der Waals surface area contributed by atoms with Gasteiger partial charge in [0.15, 0.2) is 0 Å². The third-order valence-electron chi connectivity index (χ3n) is 5.62. The van der Waals surface area contributed by atoms with E-state index in [0.29, 0.717) is 43.9 Å². The predicted molar refractivity (Wildman–Crippen MR) is 102 cm³/mol. The number of piperidine rings is 1. The van der Waals surface area contributed by atoms with E-state index in [-0.39, 0.29) is 11.5 Å². The molecule has 2 fully saturated rings. The topological polar surface area (TPSA) is 117 Å². The molecule has 1 aliphatic carbocycles. The largest absolute Gasteiger partial charge is 0.508 e. The Balaban J connectivity index is 0.000000258. The summed E-state index contributed by atoms with van der Waals surface area (Å²) in [6, 6.07) is 5.99. The van der Waals surface area contributed by atoms with Gasteiger partial charge in [-0.1, -0.05) is 12.0 Å². The molecule has 8 heteroatoms. The molecule has 0 radical (unpaired) electrons. The first-order chi connectivity index (χ1) is 13.9. The van der Waals surface area contributed by atoms with Gasteiger partial charge in [0.25, 0.3) is 0 Å². The van der Waals surface area contributed by atoms with Crippen LogP contribution in [-0.2, 0) is 30.9 Å². The monoisotopic (exact) mass is 401 g/mol. The molecule has 2 bridgehead atoms. The van der Waals surface area contributed by atoms with Crippen molar-refractivity contribution in [2.75, 3.05) is 26.5 Å². The molecule has 0 amide bonds. The van der Waals surface area contributed by atoms with Gasteiger partial charge in [-0.2, -0.15) is 0 Å². The maximum atomic E-state index is 9.89. The molecule has 1 aromatic rings. The molecule has 3 N–H and O–H groups in total. The molecular formula is C21H23NO7. The summed E-state index contributed by atoms with van der Waals surface area (Å²) in [5.74, 6) is 0.569. The lowest BCUT2D eigenvalue weighted by atomic mass is 9.62. The van der Waals surface area contributed by atoms with Gasteiger partial charge >= 0.3 is 11.9 Å². The number of hydrogen-bond donors (Lipinski definition) is 3. The number of fused-ring (bicyclic) bond motifs is 1. The summed E-state index contributed by atoms with van der Waals surface area (Å²) in [7, 11) is 0. The second-order valence-corrected chi connectivity index (χ2v) is 7.26. The average Bonchev–Trinajstić information content (AvgIpc) is 2.69. The molecule has 2 aliphatic heterocycles. The molecule has 2 heterocycles. The van der Waals surface area contributed by atoms with Gasteiger partial charge in [-0.05, 0) is 36.1 Å². The minimum absolute atomic E-state index is 0.0997. The van der Waals surface area contributed by atoms with Crippen molar-refractivity contribution in [2.24, 2.45) is 0 Å². The van der Waals surface area contributed by atoms with Gasteiger partial charge in [-0.15, -0.1) is 6.42 Å². The number of carbonyl (C=O) groups is 2. The lowest BCUT2D eigenvalue weighted by molar-refractivity contribution is -0.221. The quantitative estimate of drug-likeness (QED) is 0.507. The molecule has 29 heavy (non-hydrogen) atoms. The number of phenolic OH excluding ortho intramolecular Hbond substituents is 1. The van der Waals surface area contributed by atoms with Crippen LogP contribution in [0.25, 0.3) is 0 Å². The minimum Gasteiger partial charge on any atom is -0.508 e. The van der Waals surface area contributed by atoms with E-state index in [4.69, 9.17) is 26.1 Å². The van der Waals surface area contributed by atoms with Crippen molar-refractivity contribution >= 4 is 11.9 Å². The molecular weight excluding hydrogens is 378 g/mol. The number of phenols is 1. The minimum atomic E-state index is -1.26. The lowest BCUT2D eigenvalue weighted by Crippen LogP contribution is -2.67. The van der Waals surface area contributed by atoms with Crippen LogP contribution in [0.1, 0.15) is 17.5 Å². The van der Waals surface area contributed by atoms with Crippen molar-refractivity contribution < 1.29 is 34.4 Å². The Morgan fingerprint density at radius 3 is 2.69 bits per heavy atom. The highest BCUT2D eigenvalue weighted by Crippen LogP contribution is 2.49. The Morgan fingerprint density at radius 2 is 2.03 bits per heavy atom. The number of ether oxygens (including phenoxy) is 2. The summed E-state index contributed by atoms with van der Waals surface area (Å²) >= 11 is 0. The Morgan fingerprint density at radius 1 is 1.31 bits per heavy atom. The van der Waals surface area contributed by atoms with Crippen LogP contribution in [0.15, 0.2) is 30.4 Å². The van der Waals surface area contributed by atoms with Crippen LogP contribution < -0.4 is 0 Å². The zero-order valence-corrected chi connectivity index (χ0v) is 15.8. The van der Waals surface area contributed by atoms with Gasteiger partial charge in [0.05, 0.1) is 19.3 Å². The van der Waals surface area contributed by atoms with Gasteiger partial charge < -0.3 is 24.8 Å². The second kappa shape index (κ2) is 8.66. The second-order valence-electron chi connectivity index (χ2n) is 7.26. The first kappa shape index (κ1) is 20.9. The van der Waals surface area contributed by atoms with E-state index in [9.17, 15) is 14.7 Å². The Hall–Kier alpha value is -2.86. The molecule has 3 aliphatic rings. The fraction of sp³-hybridized carbons (Fsp3) is 0.429. The van der Waals surface area contributed by atoms with Crippen LogP contribution in [0.2, 0.25) is 0 Å². The number of rotatable bonds is 3. The van der Waals surface area contributed by atoms with Crippen molar-refractivity contribution in [1.82, 2.24) is 4.90 Å². The van der Waals surface area contributed by atoms with Crippen LogP contribution >= 0.6 is 0 Å². The standard InChI is InChI=1S/C17H19NO3.C4H4O4/c1-2-6-18-7-5-17-10-20-11-21-16(17)15(18)8-12-3-4-13(19)9-14(12)17;5-3(6)1-2-4(7)8/h1,3-4,9,15-16,19H,5-8,10-11H2;1-2H,(H,5,6)(H,7,8)/b;2-1+/t15-,16+,17-;/m1./s1. The summed E-state index contributed by atoms with van der Waals surface area (Å²) in [5, 5.41) is 25.5. The third-order valence-corrected chi connectivity index (χ3v) is 5.62. The SMILES string of the molecule is C#CCN1CC[C@]23COCO[C@H]2[C@H]1Cc1ccc(O)cc13.O=C(O)/C=C/C(=O)O. The van der Waals surface area contributed by atoms with E-state index in [1.165, 1.54) is 11.1 Å². The van der Waals surface area contributed by atoms with Crippen LogP contribution in [0.5, 0.6) is 5.75 Å². The summed E-state index contributed by atoms with van der Waals surface area (Å²) in [5.41, 5.74) is 2.34. The number of likely N-dealkylation sites (tertiary alicyclic amines) is 1. The highest BCUT2D eigenvalue weighted by molar-refractivity contribution is 5.89. The van der Waals surface area contributed by atoms with E-state index in [1.807, 2.05) is 12.1 Å². The Kier molecular flexibility index (Phi) is 6.23. The number of aromatic hydroxyl groups is 1. The molecule has 154 valence electrons. The molecule has 4 rings (SSSR count). The smallest absolute Gasteiger partial charge is 0.328 e. The summed E-state index contributed by atoms with van der Waals surface area (Å²) < 4.78 is 11.6. The zero-order chi connectivity index (χ0) is 21.0. The molecule has 3 atom stereocenters. The summed E-state index contributed by atoms with van der Waals surface area (Å²) in [6.45, 7) is 2.62. The van der Waals surface area contributed by atoms with Crippen molar-refractivity contribution in [3.8, 4) is 18.1 Å². The number of terminal acetylenes is 1. The van der Waals surface area contributed by atoms with E-state index >= 15 is 0 Å². The predicted octanol–water partition coefficient (Wildman–Crippen LogP) is 0.978. The van der Waals surface area contributed by atoms with Gasteiger partial charge in [0.1, 0.15) is 12.5 Å². The van der Waals surface area contributed by atoms with E-state index < -0.39 is 11.9 Å². The lowest BCUT2D eigenvalue weighted by Gasteiger charge is -2.57. The van der Waals surface area contributed by atoms with E-state index in [0.717, 1.165) is 19.4 Å². The van der Waals surface area contributed by atoms with Gasteiger partial charge in [-0.25, -0.2) is 9.59 Å². The summed E-state index contributed by atoms with van der Waals surface area (Å²) in [6.07, 6.45) is 8.61. The molecule has 0 unspecified atom stereocenters. The average molecular weight is 401 g/mol. The van der Waals surface area contributed by atoms with Crippen molar-refractivity contribution in [3.63, 3.8) is 0 Å². The number of carboxylic acids is 2.